The molecular formula is C31H33ClN4O. The zero-order valence-electron chi connectivity index (χ0n) is 21.4. The second-order valence-electron chi connectivity index (χ2n) is 9.83. The number of hydrogen-bond donors (Lipinski definition) is 2. The van der Waals surface area contributed by atoms with E-state index in [1.54, 1.807) is 0 Å². The zero-order chi connectivity index (χ0) is 25.8. The molecule has 0 saturated carbocycles. The Morgan fingerprint density at radius 3 is 2.78 bits per heavy atom. The Balaban J connectivity index is 1.34. The van der Waals surface area contributed by atoms with Crippen molar-refractivity contribution in [3.05, 3.63) is 89.1 Å². The third kappa shape index (κ3) is 5.57. The number of benzene rings is 3. The minimum absolute atomic E-state index is 0.0827. The monoisotopic (exact) mass is 512 g/mol. The highest BCUT2D eigenvalue weighted by molar-refractivity contribution is 6.33. The number of imidazole rings is 1. The number of H-pyrrole nitrogens is 1. The molecule has 1 atom stereocenters. The second-order valence-corrected chi connectivity index (χ2v) is 10.2. The Kier molecular flexibility index (Phi) is 7.61. The van der Waals surface area contributed by atoms with Gasteiger partial charge in [-0.25, -0.2) is 4.98 Å². The number of unbranched alkanes of at least 4 members (excludes halogenated alkanes) is 1. The second kappa shape index (κ2) is 11.2. The van der Waals surface area contributed by atoms with Crippen molar-refractivity contribution in [1.29, 1.82) is 0 Å². The van der Waals surface area contributed by atoms with Gasteiger partial charge in [-0.1, -0.05) is 80.8 Å². The summed E-state index contributed by atoms with van der Waals surface area (Å²) in [5.41, 5.74) is 7.36. The van der Waals surface area contributed by atoms with Crippen LogP contribution in [0.4, 0.5) is 11.4 Å². The molecule has 2 N–H and O–H groups in total. The minimum atomic E-state index is 0.0827. The number of carbonyl (C=O) groups is 1. The van der Waals surface area contributed by atoms with E-state index in [4.69, 9.17) is 11.6 Å². The van der Waals surface area contributed by atoms with Crippen LogP contribution in [0, 0.1) is 5.92 Å². The molecule has 0 radical (unpaired) electrons. The van der Waals surface area contributed by atoms with Gasteiger partial charge < -0.3 is 15.2 Å². The Morgan fingerprint density at radius 2 is 1.97 bits per heavy atom. The molecule has 5 rings (SSSR count). The largest absolute Gasteiger partial charge is 0.355 e. The highest BCUT2D eigenvalue weighted by Crippen LogP contribution is 2.34. The van der Waals surface area contributed by atoms with Gasteiger partial charge in [-0.2, -0.15) is 0 Å². The molecule has 4 aromatic rings. The number of amides is 1. The van der Waals surface area contributed by atoms with E-state index in [1.165, 1.54) is 11.1 Å². The van der Waals surface area contributed by atoms with Crippen molar-refractivity contribution in [2.75, 3.05) is 11.9 Å². The molecule has 0 spiro atoms. The number of nitrogens with zero attached hydrogens (tertiary/aromatic N) is 2. The van der Waals surface area contributed by atoms with E-state index in [-0.39, 0.29) is 11.8 Å². The quantitative estimate of drug-likeness (QED) is 0.252. The highest BCUT2D eigenvalue weighted by atomic mass is 35.5. The summed E-state index contributed by atoms with van der Waals surface area (Å²) < 4.78 is 0. The van der Waals surface area contributed by atoms with Gasteiger partial charge in [0.05, 0.1) is 16.9 Å². The van der Waals surface area contributed by atoms with Crippen LogP contribution in [0.2, 0.25) is 5.02 Å². The van der Waals surface area contributed by atoms with Crippen LogP contribution in [0.1, 0.15) is 44.2 Å². The lowest BCUT2D eigenvalue weighted by Gasteiger charge is -2.32. The third-order valence-corrected chi connectivity index (χ3v) is 7.48. The molecule has 5 nitrogen and oxygen atoms in total. The number of fused-ring (bicyclic) bond motifs is 1. The maximum Gasteiger partial charge on any atom is 0.225 e. The van der Waals surface area contributed by atoms with Gasteiger partial charge in [-0.15, -0.1) is 0 Å². The summed E-state index contributed by atoms with van der Waals surface area (Å²) in [5.74, 6) is 1.08. The number of rotatable bonds is 8. The van der Waals surface area contributed by atoms with E-state index < -0.39 is 0 Å². The van der Waals surface area contributed by atoms with Crippen LogP contribution in [-0.2, 0) is 17.8 Å². The fraction of sp³-hybridized carbons (Fsp3) is 0.290. The van der Waals surface area contributed by atoms with Crippen molar-refractivity contribution in [3.63, 3.8) is 0 Å². The van der Waals surface area contributed by atoms with Gasteiger partial charge in [0.15, 0.2) is 0 Å². The Hall–Kier alpha value is -3.57. The van der Waals surface area contributed by atoms with E-state index in [2.05, 4.69) is 59.5 Å². The van der Waals surface area contributed by atoms with E-state index in [1.807, 2.05) is 47.5 Å². The van der Waals surface area contributed by atoms with Gasteiger partial charge in [-0.3, -0.25) is 4.79 Å². The Bertz CT molecular complexity index is 1380. The number of hydrogen-bond acceptors (Lipinski definition) is 3. The van der Waals surface area contributed by atoms with Crippen molar-refractivity contribution in [2.24, 2.45) is 5.92 Å². The minimum Gasteiger partial charge on any atom is -0.355 e. The van der Waals surface area contributed by atoms with Gasteiger partial charge >= 0.3 is 0 Å². The summed E-state index contributed by atoms with van der Waals surface area (Å²) in [6.45, 7) is 5.65. The molecular weight excluding hydrogens is 480 g/mol. The molecule has 6 heteroatoms. The number of nitrogens with one attached hydrogen (secondary N) is 2. The lowest BCUT2D eigenvalue weighted by Crippen LogP contribution is -2.39. The Labute approximate surface area is 223 Å². The standard InChI is InChI=1S/C31H33ClN4O/c1-3-4-9-21(2)31(37)36-17-16-25-23(20-36)12-8-13-28(25)34-24-14-15-27(32)26(18-24)30-33-19-29(35-30)22-10-6-5-7-11-22/h5-8,10-15,18-19,21,34H,3-4,9,16-17,20H2,1-2H3,(H,33,35). The smallest absolute Gasteiger partial charge is 0.225 e. The van der Waals surface area contributed by atoms with Crippen molar-refractivity contribution >= 4 is 28.9 Å². The highest BCUT2D eigenvalue weighted by Gasteiger charge is 2.25. The molecule has 0 bridgehead atoms. The molecule has 1 unspecified atom stereocenters. The summed E-state index contributed by atoms with van der Waals surface area (Å²) in [4.78, 5) is 23.0. The zero-order valence-corrected chi connectivity index (χ0v) is 22.2. The SMILES string of the molecule is CCCCC(C)C(=O)N1CCc2c(cccc2Nc2ccc(Cl)c(-c3ncc(-c4ccccc4)[nH]3)c2)C1. The molecule has 0 fully saturated rings. The van der Waals surface area contributed by atoms with Gasteiger partial charge in [0, 0.05) is 35.9 Å². The molecule has 0 aliphatic carbocycles. The van der Waals surface area contributed by atoms with E-state index in [0.29, 0.717) is 11.6 Å². The topological polar surface area (TPSA) is 61.0 Å². The lowest BCUT2D eigenvalue weighted by atomic mass is 9.95. The fourth-order valence-corrected chi connectivity index (χ4v) is 5.23. The first kappa shape index (κ1) is 25.1. The van der Waals surface area contributed by atoms with Crippen LogP contribution in [0.3, 0.4) is 0 Å². The number of anilines is 2. The number of halogens is 1. The average molecular weight is 513 g/mol. The van der Waals surface area contributed by atoms with Crippen molar-refractivity contribution in [3.8, 4) is 22.6 Å². The number of aromatic nitrogens is 2. The van der Waals surface area contributed by atoms with Crippen LogP contribution in [-0.4, -0.2) is 27.3 Å². The number of aromatic amines is 1. The van der Waals surface area contributed by atoms with Crippen LogP contribution < -0.4 is 5.32 Å². The molecule has 190 valence electrons. The van der Waals surface area contributed by atoms with Gasteiger partial charge in [0.1, 0.15) is 5.82 Å². The summed E-state index contributed by atoms with van der Waals surface area (Å²) in [5, 5.41) is 4.24. The molecule has 1 aliphatic rings. The molecule has 2 heterocycles. The van der Waals surface area contributed by atoms with Gasteiger partial charge in [0.25, 0.3) is 0 Å². The van der Waals surface area contributed by atoms with Crippen LogP contribution >= 0.6 is 11.6 Å². The molecule has 1 aromatic heterocycles. The average Bonchev–Trinajstić information content (AvgIpc) is 3.43. The molecule has 37 heavy (non-hydrogen) atoms. The van der Waals surface area contributed by atoms with E-state index >= 15 is 0 Å². The van der Waals surface area contributed by atoms with E-state index in [0.717, 1.165) is 66.2 Å². The molecule has 0 saturated heterocycles. The first-order valence-electron chi connectivity index (χ1n) is 13.1. The fourth-order valence-electron chi connectivity index (χ4n) is 5.02. The third-order valence-electron chi connectivity index (χ3n) is 7.15. The van der Waals surface area contributed by atoms with Crippen molar-refractivity contribution in [1.82, 2.24) is 14.9 Å². The van der Waals surface area contributed by atoms with E-state index in [9.17, 15) is 4.79 Å². The summed E-state index contributed by atoms with van der Waals surface area (Å²) in [6, 6.07) is 22.3. The number of carbonyl (C=O) groups excluding carboxylic acids is 1. The maximum absolute atomic E-state index is 13.0. The molecule has 1 aliphatic heterocycles. The first-order chi connectivity index (χ1) is 18.0. The van der Waals surface area contributed by atoms with Crippen LogP contribution in [0.15, 0.2) is 72.9 Å². The van der Waals surface area contributed by atoms with Crippen LogP contribution in [0.5, 0.6) is 0 Å². The molecule has 1 amide bonds. The molecule has 3 aromatic carbocycles. The van der Waals surface area contributed by atoms with Crippen molar-refractivity contribution in [2.45, 2.75) is 46.1 Å². The summed E-state index contributed by atoms with van der Waals surface area (Å²) >= 11 is 6.58. The lowest BCUT2D eigenvalue weighted by molar-refractivity contribution is -0.136. The van der Waals surface area contributed by atoms with Gasteiger partial charge in [-0.05, 0) is 53.8 Å². The normalized spacial score (nSPS) is 13.8. The predicted octanol–water partition coefficient (Wildman–Crippen LogP) is 7.85. The predicted molar refractivity (Wildman–Crippen MR) is 152 cm³/mol. The van der Waals surface area contributed by atoms with Gasteiger partial charge in [0.2, 0.25) is 5.91 Å². The summed E-state index contributed by atoms with van der Waals surface area (Å²) in [6.07, 6.45) is 5.85. The van der Waals surface area contributed by atoms with Crippen LogP contribution in [0.25, 0.3) is 22.6 Å². The summed E-state index contributed by atoms with van der Waals surface area (Å²) in [7, 11) is 0. The Morgan fingerprint density at radius 1 is 1.14 bits per heavy atom. The van der Waals surface area contributed by atoms with Crippen molar-refractivity contribution < 1.29 is 4.79 Å². The maximum atomic E-state index is 13.0. The first-order valence-corrected chi connectivity index (χ1v) is 13.5.